The molecule has 0 aliphatic heterocycles. The molecule has 2 aromatic rings. The summed E-state index contributed by atoms with van der Waals surface area (Å²) >= 11 is 6.31. The Balaban J connectivity index is 1.86. The number of amides is 2. The molecular weight excluding hydrogens is 406 g/mol. The van der Waals surface area contributed by atoms with Crippen molar-refractivity contribution in [3.05, 3.63) is 52.5 Å². The number of nitrogens with one attached hydrogen (secondary N) is 1. The van der Waals surface area contributed by atoms with Gasteiger partial charge >= 0.3 is 6.03 Å². The summed E-state index contributed by atoms with van der Waals surface area (Å²) < 4.78 is 16.9. The van der Waals surface area contributed by atoms with Crippen LogP contribution in [-0.4, -0.2) is 32.6 Å². The van der Waals surface area contributed by atoms with Gasteiger partial charge in [-0.1, -0.05) is 44.5 Å². The Labute approximate surface area is 182 Å². The number of urea groups is 1. The van der Waals surface area contributed by atoms with E-state index in [0.29, 0.717) is 41.7 Å². The molecule has 30 heavy (non-hydrogen) atoms. The number of benzene rings is 2. The van der Waals surface area contributed by atoms with Gasteiger partial charge in [-0.05, 0) is 40.8 Å². The predicted molar refractivity (Wildman–Crippen MR) is 119 cm³/mol. The maximum atomic E-state index is 10.7. The highest BCUT2D eigenvalue weighted by atomic mass is 35.5. The number of methoxy groups -OCH3 is 1. The molecule has 0 saturated heterocycles. The van der Waals surface area contributed by atoms with Crippen LogP contribution in [0.5, 0.6) is 17.2 Å². The molecule has 0 aromatic heterocycles. The zero-order valence-corrected chi connectivity index (χ0v) is 18.5. The first-order chi connectivity index (χ1) is 14.2. The van der Waals surface area contributed by atoms with Crippen molar-refractivity contribution in [3.8, 4) is 17.2 Å². The second-order valence-electron chi connectivity index (χ2n) is 7.59. The van der Waals surface area contributed by atoms with Gasteiger partial charge in [-0.2, -0.15) is 5.10 Å². The van der Waals surface area contributed by atoms with Crippen LogP contribution in [0.2, 0.25) is 5.02 Å². The third kappa shape index (κ3) is 7.15. The SMILES string of the molecule is COc1cc(/C=N\NC(N)=O)cc(Cl)c1OCCCOc1ccc(C(C)(C)C)cc1. The quantitative estimate of drug-likeness (QED) is 0.346. The van der Waals surface area contributed by atoms with Crippen LogP contribution in [0.15, 0.2) is 41.5 Å². The smallest absolute Gasteiger partial charge is 0.332 e. The summed E-state index contributed by atoms with van der Waals surface area (Å²) in [7, 11) is 1.52. The lowest BCUT2D eigenvalue weighted by Crippen LogP contribution is -2.24. The molecule has 2 aromatic carbocycles. The highest BCUT2D eigenvalue weighted by Crippen LogP contribution is 2.36. The van der Waals surface area contributed by atoms with Crippen molar-refractivity contribution in [2.75, 3.05) is 20.3 Å². The number of hydrazone groups is 1. The zero-order valence-electron chi connectivity index (χ0n) is 17.7. The Bertz CT molecular complexity index is 877. The first kappa shape index (κ1) is 23.3. The largest absolute Gasteiger partial charge is 0.493 e. The molecule has 7 nitrogen and oxygen atoms in total. The third-order valence-corrected chi connectivity index (χ3v) is 4.45. The molecule has 162 valence electrons. The number of halogens is 1. The van der Waals surface area contributed by atoms with Gasteiger partial charge < -0.3 is 19.9 Å². The van der Waals surface area contributed by atoms with Crippen molar-refractivity contribution in [2.45, 2.75) is 32.6 Å². The standard InChI is InChI=1S/C22H28ClN3O4/c1-22(2,3)16-6-8-17(9-7-16)29-10-5-11-30-20-18(23)12-15(13-19(20)28-4)14-25-26-21(24)27/h6-9,12-14H,5,10-11H2,1-4H3,(H3,24,26,27)/b25-14-. The molecule has 3 N–H and O–H groups in total. The van der Waals surface area contributed by atoms with Crippen molar-refractivity contribution in [1.82, 2.24) is 5.43 Å². The highest BCUT2D eigenvalue weighted by molar-refractivity contribution is 6.32. The molecule has 0 heterocycles. The van der Waals surface area contributed by atoms with E-state index < -0.39 is 6.03 Å². The molecule has 0 saturated carbocycles. The molecule has 2 rings (SSSR count). The van der Waals surface area contributed by atoms with Crippen LogP contribution in [-0.2, 0) is 5.41 Å². The number of primary amides is 1. The second kappa shape index (κ2) is 10.7. The van der Waals surface area contributed by atoms with Crippen LogP contribution in [0.4, 0.5) is 4.79 Å². The van der Waals surface area contributed by atoms with E-state index in [9.17, 15) is 4.79 Å². The molecule has 0 spiro atoms. The summed E-state index contributed by atoms with van der Waals surface area (Å²) in [6.45, 7) is 7.45. The molecule has 0 aliphatic rings. The minimum atomic E-state index is -0.753. The van der Waals surface area contributed by atoms with E-state index in [4.69, 9.17) is 31.5 Å². The maximum absolute atomic E-state index is 10.7. The summed E-state index contributed by atoms with van der Waals surface area (Å²) in [6.07, 6.45) is 2.08. The Kier molecular flexibility index (Phi) is 8.35. The highest BCUT2D eigenvalue weighted by Gasteiger charge is 2.13. The fourth-order valence-corrected chi connectivity index (χ4v) is 2.87. The molecule has 0 aliphatic carbocycles. The van der Waals surface area contributed by atoms with Crippen LogP contribution in [0.25, 0.3) is 0 Å². The van der Waals surface area contributed by atoms with Crippen LogP contribution in [0.3, 0.4) is 0 Å². The van der Waals surface area contributed by atoms with E-state index in [1.54, 1.807) is 12.1 Å². The number of carbonyl (C=O) groups is 1. The van der Waals surface area contributed by atoms with Gasteiger partial charge in [0, 0.05) is 6.42 Å². The molecule has 0 radical (unpaired) electrons. The summed E-state index contributed by atoms with van der Waals surface area (Å²) in [6, 6.07) is 10.7. The van der Waals surface area contributed by atoms with Crippen molar-refractivity contribution in [2.24, 2.45) is 10.8 Å². The summed E-state index contributed by atoms with van der Waals surface area (Å²) in [5.41, 5.74) is 9.08. The van der Waals surface area contributed by atoms with E-state index in [-0.39, 0.29) is 5.41 Å². The number of rotatable bonds is 9. The Morgan fingerprint density at radius 3 is 2.43 bits per heavy atom. The monoisotopic (exact) mass is 433 g/mol. The number of nitrogens with zero attached hydrogens (tertiary/aromatic N) is 1. The molecule has 0 bridgehead atoms. The van der Waals surface area contributed by atoms with Crippen molar-refractivity contribution in [3.63, 3.8) is 0 Å². The lowest BCUT2D eigenvalue weighted by Gasteiger charge is -2.19. The lowest BCUT2D eigenvalue weighted by atomic mass is 9.87. The van der Waals surface area contributed by atoms with Crippen molar-refractivity contribution in [1.29, 1.82) is 0 Å². The molecule has 0 atom stereocenters. The predicted octanol–water partition coefficient (Wildman–Crippen LogP) is 4.50. The summed E-state index contributed by atoms with van der Waals surface area (Å²) in [5, 5.41) is 4.07. The van der Waals surface area contributed by atoms with Crippen LogP contribution < -0.4 is 25.4 Å². The van der Waals surface area contributed by atoms with Gasteiger partial charge in [0.05, 0.1) is 31.6 Å². The summed E-state index contributed by atoms with van der Waals surface area (Å²) in [4.78, 5) is 10.7. The molecule has 0 fully saturated rings. The fraction of sp³-hybridized carbons (Fsp3) is 0.364. The van der Waals surface area contributed by atoms with Gasteiger partial charge in [-0.15, -0.1) is 0 Å². The number of hydrogen-bond donors (Lipinski definition) is 2. The lowest BCUT2D eigenvalue weighted by molar-refractivity contribution is 0.240. The first-order valence-corrected chi connectivity index (χ1v) is 9.90. The second-order valence-corrected chi connectivity index (χ2v) is 8.00. The Morgan fingerprint density at radius 1 is 1.17 bits per heavy atom. The van der Waals surface area contributed by atoms with E-state index in [1.807, 2.05) is 12.1 Å². The van der Waals surface area contributed by atoms with Crippen LogP contribution >= 0.6 is 11.6 Å². The van der Waals surface area contributed by atoms with Gasteiger partial charge in [-0.25, -0.2) is 10.2 Å². The Morgan fingerprint density at radius 2 is 1.83 bits per heavy atom. The minimum Gasteiger partial charge on any atom is -0.493 e. The van der Waals surface area contributed by atoms with E-state index in [1.165, 1.54) is 18.9 Å². The molecule has 8 heteroatoms. The Hall–Kier alpha value is -2.93. The van der Waals surface area contributed by atoms with E-state index in [0.717, 1.165) is 5.75 Å². The number of ether oxygens (including phenoxy) is 3. The topological polar surface area (TPSA) is 95.2 Å². The number of carbonyl (C=O) groups excluding carboxylic acids is 1. The normalized spacial score (nSPS) is 11.4. The van der Waals surface area contributed by atoms with Gasteiger partial charge in [0.1, 0.15) is 5.75 Å². The number of hydrogen-bond acceptors (Lipinski definition) is 5. The van der Waals surface area contributed by atoms with Gasteiger partial charge in [0.2, 0.25) is 0 Å². The molecule has 2 amide bonds. The van der Waals surface area contributed by atoms with Crippen molar-refractivity contribution >= 4 is 23.8 Å². The zero-order chi connectivity index (χ0) is 22.1. The van der Waals surface area contributed by atoms with Crippen LogP contribution in [0.1, 0.15) is 38.3 Å². The van der Waals surface area contributed by atoms with E-state index in [2.05, 4.69) is 43.4 Å². The van der Waals surface area contributed by atoms with Gasteiger partial charge in [-0.3, -0.25) is 0 Å². The summed E-state index contributed by atoms with van der Waals surface area (Å²) in [5.74, 6) is 1.72. The molecule has 0 unspecified atom stereocenters. The van der Waals surface area contributed by atoms with Crippen LogP contribution in [0, 0.1) is 0 Å². The number of nitrogens with two attached hydrogens (primary N) is 1. The average Bonchev–Trinajstić information content (AvgIpc) is 2.68. The van der Waals surface area contributed by atoms with Gasteiger partial charge in [0.25, 0.3) is 0 Å². The molecular formula is C22H28ClN3O4. The third-order valence-electron chi connectivity index (χ3n) is 4.16. The minimum absolute atomic E-state index is 0.116. The van der Waals surface area contributed by atoms with E-state index >= 15 is 0 Å². The average molecular weight is 434 g/mol. The first-order valence-electron chi connectivity index (χ1n) is 9.53. The van der Waals surface area contributed by atoms with Gasteiger partial charge in [0.15, 0.2) is 11.5 Å². The van der Waals surface area contributed by atoms with Crippen molar-refractivity contribution < 1.29 is 19.0 Å². The fourth-order valence-electron chi connectivity index (χ4n) is 2.60. The maximum Gasteiger partial charge on any atom is 0.332 e.